The lowest BCUT2D eigenvalue weighted by Gasteiger charge is -2.20. The van der Waals surface area contributed by atoms with Gasteiger partial charge in [-0.05, 0) is 19.4 Å². The number of carbonyl (C=O) groups is 2. The summed E-state index contributed by atoms with van der Waals surface area (Å²) in [7, 11) is 1.30. The van der Waals surface area contributed by atoms with E-state index < -0.39 is 18.1 Å². The molecular weight excluding hydrogens is 200 g/mol. The Morgan fingerprint density at radius 2 is 2.33 bits per heavy atom. The third-order valence-corrected chi connectivity index (χ3v) is 2.50. The highest BCUT2D eigenvalue weighted by atomic mass is 16.5. The number of carboxylic acids is 1. The first kappa shape index (κ1) is 11.8. The van der Waals surface area contributed by atoms with E-state index in [-0.39, 0.29) is 0 Å². The molecule has 15 heavy (non-hydrogen) atoms. The monoisotopic (exact) mass is 216 g/mol. The first-order valence-electron chi connectivity index (χ1n) is 4.94. The van der Waals surface area contributed by atoms with Crippen LogP contribution in [0.5, 0.6) is 0 Å². The number of likely N-dealkylation sites (tertiary alicyclic amines) is 1. The Morgan fingerprint density at radius 3 is 2.93 bits per heavy atom. The quantitative estimate of drug-likeness (QED) is 0.685. The van der Waals surface area contributed by atoms with Crippen molar-refractivity contribution in [3.8, 4) is 0 Å². The molecule has 1 aliphatic heterocycles. The molecule has 1 aliphatic rings. The maximum atomic E-state index is 10.8. The molecule has 0 bridgehead atoms. The molecule has 0 aromatic heterocycles. The number of alkyl carbamates (subject to hydrolysis) is 1. The van der Waals surface area contributed by atoms with Crippen LogP contribution in [0.25, 0.3) is 0 Å². The van der Waals surface area contributed by atoms with Gasteiger partial charge in [0.1, 0.15) is 6.04 Å². The number of hydrogen-bond acceptors (Lipinski definition) is 4. The fourth-order valence-corrected chi connectivity index (χ4v) is 1.75. The van der Waals surface area contributed by atoms with Gasteiger partial charge in [-0.1, -0.05) is 0 Å². The van der Waals surface area contributed by atoms with E-state index in [9.17, 15) is 9.59 Å². The highest BCUT2D eigenvalue weighted by Crippen LogP contribution is 2.16. The van der Waals surface area contributed by atoms with Gasteiger partial charge in [-0.15, -0.1) is 0 Å². The lowest BCUT2D eigenvalue weighted by Crippen LogP contribution is -2.41. The number of aliphatic carboxylic acids is 1. The maximum Gasteiger partial charge on any atom is 0.406 e. The zero-order chi connectivity index (χ0) is 11.3. The molecule has 86 valence electrons. The van der Waals surface area contributed by atoms with Gasteiger partial charge in [-0.2, -0.15) is 0 Å². The van der Waals surface area contributed by atoms with Crippen molar-refractivity contribution in [3.63, 3.8) is 0 Å². The Morgan fingerprint density at radius 1 is 1.60 bits per heavy atom. The van der Waals surface area contributed by atoms with Gasteiger partial charge in [-0.25, -0.2) is 4.79 Å². The number of carboxylic acid groups (broad SMARTS) is 1. The summed E-state index contributed by atoms with van der Waals surface area (Å²) in [5.41, 5.74) is 0. The number of rotatable bonds is 4. The minimum absolute atomic E-state index is 0.399. The van der Waals surface area contributed by atoms with Gasteiger partial charge in [-0.3, -0.25) is 9.69 Å². The summed E-state index contributed by atoms with van der Waals surface area (Å²) >= 11 is 0. The Hall–Kier alpha value is -1.30. The molecule has 1 heterocycles. The zero-order valence-corrected chi connectivity index (χ0v) is 8.73. The second kappa shape index (κ2) is 5.55. The second-order valence-corrected chi connectivity index (χ2v) is 3.45. The van der Waals surface area contributed by atoms with Crippen LogP contribution in [-0.2, 0) is 9.53 Å². The van der Waals surface area contributed by atoms with Crippen LogP contribution in [0.15, 0.2) is 0 Å². The topological polar surface area (TPSA) is 78.9 Å². The Bertz CT molecular complexity index is 244. The van der Waals surface area contributed by atoms with Gasteiger partial charge >= 0.3 is 12.1 Å². The molecule has 6 heteroatoms. The SMILES string of the molecule is COC(=O)NCCN1CCCC1C(=O)O. The molecule has 0 saturated carbocycles. The van der Waals surface area contributed by atoms with E-state index in [2.05, 4.69) is 10.1 Å². The van der Waals surface area contributed by atoms with E-state index >= 15 is 0 Å². The van der Waals surface area contributed by atoms with Crippen LogP contribution < -0.4 is 5.32 Å². The number of hydrogen-bond donors (Lipinski definition) is 2. The molecular formula is C9H16N2O4. The van der Waals surface area contributed by atoms with Crippen molar-refractivity contribution in [2.45, 2.75) is 18.9 Å². The van der Waals surface area contributed by atoms with Gasteiger partial charge < -0.3 is 15.2 Å². The molecule has 0 spiro atoms. The lowest BCUT2D eigenvalue weighted by atomic mass is 10.2. The average molecular weight is 216 g/mol. The highest BCUT2D eigenvalue weighted by molar-refractivity contribution is 5.73. The van der Waals surface area contributed by atoms with Crippen LogP contribution in [0.2, 0.25) is 0 Å². The third kappa shape index (κ3) is 3.39. The second-order valence-electron chi connectivity index (χ2n) is 3.45. The fourth-order valence-electron chi connectivity index (χ4n) is 1.75. The lowest BCUT2D eigenvalue weighted by molar-refractivity contribution is -0.142. The zero-order valence-electron chi connectivity index (χ0n) is 8.73. The minimum Gasteiger partial charge on any atom is -0.480 e. The van der Waals surface area contributed by atoms with Crippen molar-refractivity contribution < 1.29 is 19.4 Å². The van der Waals surface area contributed by atoms with Gasteiger partial charge in [0.05, 0.1) is 7.11 Å². The van der Waals surface area contributed by atoms with Crippen LogP contribution in [0.3, 0.4) is 0 Å². The standard InChI is InChI=1S/C9H16N2O4/c1-15-9(14)10-4-6-11-5-2-3-7(11)8(12)13/h7H,2-6H2,1H3,(H,10,14)(H,12,13). The molecule has 0 radical (unpaired) electrons. The third-order valence-electron chi connectivity index (χ3n) is 2.50. The maximum absolute atomic E-state index is 10.8. The smallest absolute Gasteiger partial charge is 0.406 e. The molecule has 1 rings (SSSR count). The number of ether oxygens (including phenoxy) is 1. The largest absolute Gasteiger partial charge is 0.480 e. The molecule has 1 saturated heterocycles. The first-order chi connectivity index (χ1) is 7.15. The number of amides is 1. The first-order valence-corrected chi connectivity index (χ1v) is 4.94. The van der Waals surface area contributed by atoms with E-state index in [4.69, 9.17) is 5.11 Å². The van der Waals surface area contributed by atoms with E-state index in [1.165, 1.54) is 7.11 Å². The van der Waals surface area contributed by atoms with Crippen LogP contribution in [0.4, 0.5) is 4.79 Å². The van der Waals surface area contributed by atoms with Gasteiger partial charge in [0.2, 0.25) is 0 Å². The van der Waals surface area contributed by atoms with Crippen molar-refractivity contribution in [1.29, 1.82) is 0 Å². The number of nitrogens with zero attached hydrogens (tertiary/aromatic N) is 1. The normalized spacial score (nSPS) is 21.3. The molecule has 2 N–H and O–H groups in total. The van der Waals surface area contributed by atoms with Gasteiger partial charge in [0.15, 0.2) is 0 Å². The van der Waals surface area contributed by atoms with Crippen molar-refractivity contribution >= 4 is 12.1 Å². The molecule has 6 nitrogen and oxygen atoms in total. The summed E-state index contributed by atoms with van der Waals surface area (Å²) in [5, 5.41) is 11.4. The van der Waals surface area contributed by atoms with Crippen molar-refractivity contribution in [1.82, 2.24) is 10.2 Å². The fraction of sp³-hybridized carbons (Fsp3) is 0.778. The summed E-state index contributed by atoms with van der Waals surface area (Å²) in [6.45, 7) is 1.74. The number of methoxy groups -OCH3 is 1. The summed E-state index contributed by atoms with van der Waals surface area (Å²) in [6, 6.07) is -0.399. The molecule has 1 atom stereocenters. The molecule has 1 amide bonds. The highest BCUT2D eigenvalue weighted by Gasteiger charge is 2.29. The molecule has 1 fully saturated rings. The van der Waals surface area contributed by atoms with Crippen molar-refractivity contribution in [3.05, 3.63) is 0 Å². The number of nitrogens with one attached hydrogen (secondary N) is 1. The van der Waals surface area contributed by atoms with E-state index in [1.807, 2.05) is 4.90 Å². The van der Waals surface area contributed by atoms with Crippen LogP contribution in [-0.4, -0.2) is 54.9 Å². The van der Waals surface area contributed by atoms with Crippen LogP contribution >= 0.6 is 0 Å². The number of carbonyl (C=O) groups excluding carboxylic acids is 1. The predicted molar refractivity (Wildman–Crippen MR) is 52.6 cm³/mol. The molecule has 0 aliphatic carbocycles. The summed E-state index contributed by atoms with van der Waals surface area (Å²) in [6.07, 6.45) is 1.10. The van der Waals surface area contributed by atoms with Crippen LogP contribution in [0.1, 0.15) is 12.8 Å². The molecule has 0 aromatic rings. The Balaban J connectivity index is 2.26. The summed E-state index contributed by atoms with van der Waals surface area (Å²) in [5.74, 6) is -0.787. The Kier molecular flexibility index (Phi) is 4.36. The van der Waals surface area contributed by atoms with Crippen molar-refractivity contribution in [2.75, 3.05) is 26.7 Å². The summed E-state index contributed by atoms with van der Waals surface area (Å²) in [4.78, 5) is 23.4. The van der Waals surface area contributed by atoms with Crippen LogP contribution in [0, 0.1) is 0 Å². The minimum atomic E-state index is -0.787. The Labute approximate surface area is 88.2 Å². The molecule has 0 aromatic carbocycles. The van der Waals surface area contributed by atoms with E-state index in [0.717, 1.165) is 13.0 Å². The summed E-state index contributed by atoms with van der Waals surface area (Å²) < 4.78 is 4.40. The average Bonchev–Trinajstić information content (AvgIpc) is 2.65. The predicted octanol–water partition coefficient (Wildman–Crippen LogP) is -0.109. The van der Waals surface area contributed by atoms with E-state index in [0.29, 0.717) is 19.5 Å². The van der Waals surface area contributed by atoms with Crippen molar-refractivity contribution in [2.24, 2.45) is 0 Å². The van der Waals surface area contributed by atoms with Gasteiger partial charge in [0, 0.05) is 13.1 Å². The van der Waals surface area contributed by atoms with E-state index in [1.54, 1.807) is 0 Å². The van der Waals surface area contributed by atoms with Gasteiger partial charge in [0.25, 0.3) is 0 Å². The molecule has 1 unspecified atom stereocenters.